The number of halogens is 4. The Bertz CT molecular complexity index is 333. The molecule has 0 bridgehead atoms. The van der Waals surface area contributed by atoms with E-state index in [4.69, 9.17) is 0 Å². The van der Waals surface area contributed by atoms with Crippen LogP contribution in [-0.2, 0) is 6.18 Å². The number of alkyl halides is 3. The van der Waals surface area contributed by atoms with E-state index in [9.17, 15) is 18.0 Å². The van der Waals surface area contributed by atoms with E-state index in [1.54, 1.807) is 0 Å². The number of hydrogen-bond acceptors (Lipinski definition) is 1. The molecule has 0 N–H and O–H groups in total. The molecular formula is C8H4BrF3O. The molecule has 5 heteroatoms. The van der Waals surface area contributed by atoms with Gasteiger partial charge in [-0.15, -0.1) is 0 Å². The van der Waals surface area contributed by atoms with Crippen molar-refractivity contribution in [2.24, 2.45) is 0 Å². The number of aldehydes is 1. The fraction of sp³-hybridized carbons (Fsp3) is 0.125. The van der Waals surface area contributed by atoms with Crippen LogP contribution in [0.25, 0.3) is 0 Å². The Balaban J connectivity index is 3.32. The maximum Gasteiger partial charge on any atom is 0.417 e. The highest BCUT2D eigenvalue weighted by molar-refractivity contribution is 9.10. The summed E-state index contributed by atoms with van der Waals surface area (Å²) >= 11 is 2.73. The highest BCUT2D eigenvalue weighted by atomic mass is 79.9. The van der Waals surface area contributed by atoms with Gasteiger partial charge in [0.1, 0.15) is 0 Å². The lowest BCUT2D eigenvalue weighted by atomic mass is 10.1. The van der Waals surface area contributed by atoms with E-state index in [0.29, 0.717) is 6.29 Å². The summed E-state index contributed by atoms with van der Waals surface area (Å²) in [7, 11) is 0. The maximum atomic E-state index is 12.2. The number of benzene rings is 1. The molecule has 0 saturated heterocycles. The summed E-state index contributed by atoms with van der Waals surface area (Å²) in [5, 5.41) is 0. The molecule has 0 amide bonds. The Labute approximate surface area is 80.7 Å². The zero-order chi connectivity index (χ0) is 10.1. The molecule has 0 unspecified atom stereocenters. The van der Waals surface area contributed by atoms with Crippen LogP contribution in [0.1, 0.15) is 15.9 Å². The van der Waals surface area contributed by atoms with E-state index in [0.717, 1.165) is 6.07 Å². The summed E-state index contributed by atoms with van der Waals surface area (Å²) in [5.41, 5.74) is -0.841. The Kier molecular flexibility index (Phi) is 2.75. The van der Waals surface area contributed by atoms with Crippen LogP contribution in [0.15, 0.2) is 22.7 Å². The maximum absolute atomic E-state index is 12.2. The minimum Gasteiger partial charge on any atom is -0.298 e. The van der Waals surface area contributed by atoms with E-state index in [-0.39, 0.29) is 10.0 Å². The van der Waals surface area contributed by atoms with Gasteiger partial charge in [0.05, 0.1) is 5.56 Å². The van der Waals surface area contributed by atoms with Crippen molar-refractivity contribution in [3.8, 4) is 0 Å². The molecule has 0 heterocycles. The highest BCUT2D eigenvalue weighted by Gasteiger charge is 2.33. The van der Waals surface area contributed by atoms with Gasteiger partial charge in [-0.1, -0.05) is 12.1 Å². The van der Waals surface area contributed by atoms with Crippen LogP contribution in [0.5, 0.6) is 0 Å². The highest BCUT2D eigenvalue weighted by Crippen LogP contribution is 2.35. The summed E-state index contributed by atoms with van der Waals surface area (Å²) in [6.45, 7) is 0. The van der Waals surface area contributed by atoms with Gasteiger partial charge in [0, 0.05) is 10.0 Å². The van der Waals surface area contributed by atoms with Crippen molar-refractivity contribution in [2.45, 2.75) is 6.18 Å². The van der Waals surface area contributed by atoms with E-state index < -0.39 is 11.7 Å². The Hall–Kier alpha value is -0.840. The van der Waals surface area contributed by atoms with Crippen molar-refractivity contribution < 1.29 is 18.0 Å². The van der Waals surface area contributed by atoms with Gasteiger partial charge in [0.25, 0.3) is 0 Å². The number of carbonyl (C=O) groups excluding carboxylic acids is 1. The van der Waals surface area contributed by atoms with Gasteiger partial charge in [0.2, 0.25) is 0 Å². The third-order valence-electron chi connectivity index (χ3n) is 1.46. The van der Waals surface area contributed by atoms with Gasteiger partial charge in [-0.05, 0) is 22.0 Å². The summed E-state index contributed by atoms with van der Waals surface area (Å²) < 4.78 is 36.4. The smallest absolute Gasteiger partial charge is 0.298 e. The van der Waals surface area contributed by atoms with Gasteiger partial charge in [-0.2, -0.15) is 13.2 Å². The van der Waals surface area contributed by atoms with Crippen molar-refractivity contribution in [3.63, 3.8) is 0 Å². The second kappa shape index (κ2) is 3.49. The van der Waals surface area contributed by atoms with Crippen LogP contribution >= 0.6 is 15.9 Å². The fourth-order valence-electron chi connectivity index (χ4n) is 0.860. The first-order valence-corrected chi connectivity index (χ1v) is 4.07. The first-order valence-electron chi connectivity index (χ1n) is 3.27. The third kappa shape index (κ3) is 2.09. The molecule has 0 aliphatic carbocycles. The molecule has 0 radical (unpaired) electrons. The SMILES string of the molecule is O=Cc1cccc(C(F)(F)F)c1Br. The monoisotopic (exact) mass is 252 g/mol. The van der Waals surface area contributed by atoms with Crippen LogP contribution < -0.4 is 0 Å². The molecule has 1 aromatic rings. The molecule has 0 saturated carbocycles. The third-order valence-corrected chi connectivity index (χ3v) is 2.35. The molecular weight excluding hydrogens is 249 g/mol. The van der Waals surface area contributed by atoms with E-state index in [1.807, 2.05) is 0 Å². The van der Waals surface area contributed by atoms with Crippen LogP contribution in [0, 0.1) is 0 Å². The first-order chi connectivity index (χ1) is 5.96. The average molecular weight is 253 g/mol. The minimum atomic E-state index is -4.43. The van der Waals surface area contributed by atoms with E-state index in [2.05, 4.69) is 15.9 Å². The normalized spacial score (nSPS) is 11.4. The van der Waals surface area contributed by atoms with Crippen molar-refractivity contribution in [1.29, 1.82) is 0 Å². The van der Waals surface area contributed by atoms with Gasteiger partial charge in [0.15, 0.2) is 6.29 Å². The van der Waals surface area contributed by atoms with Gasteiger partial charge >= 0.3 is 6.18 Å². The van der Waals surface area contributed by atoms with Crippen LogP contribution in [-0.4, -0.2) is 6.29 Å². The Morgan fingerprint density at radius 1 is 1.31 bits per heavy atom. The molecule has 1 rings (SSSR count). The second-order valence-electron chi connectivity index (χ2n) is 2.32. The molecule has 0 aliphatic rings. The molecule has 0 atom stereocenters. The topological polar surface area (TPSA) is 17.1 Å². The molecule has 0 fully saturated rings. The Morgan fingerprint density at radius 3 is 2.38 bits per heavy atom. The number of carbonyl (C=O) groups is 1. The first kappa shape index (κ1) is 10.2. The Morgan fingerprint density at radius 2 is 1.92 bits per heavy atom. The largest absolute Gasteiger partial charge is 0.417 e. The second-order valence-corrected chi connectivity index (χ2v) is 3.12. The van der Waals surface area contributed by atoms with Crippen molar-refractivity contribution >= 4 is 22.2 Å². The van der Waals surface area contributed by atoms with Crippen LogP contribution in [0.3, 0.4) is 0 Å². The van der Waals surface area contributed by atoms with E-state index >= 15 is 0 Å². The molecule has 0 aromatic heterocycles. The summed E-state index contributed by atoms with van der Waals surface area (Å²) in [4.78, 5) is 10.3. The zero-order valence-corrected chi connectivity index (χ0v) is 7.82. The molecule has 0 aliphatic heterocycles. The fourth-order valence-corrected chi connectivity index (χ4v) is 1.44. The summed E-state index contributed by atoms with van der Waals surface area (Å²) in [6, 6.07) is 3.42. The van der Waals surface area contributed by atoms with Gasteiger partial charge in [-0.3, -0.25) is 4.79 Å². The standard InChI is InChI=1S/C8H4BrF3O/c9-7-5(4-13)2-1-3-6(7)8(10,11)12/h1-4H. The summed E-state index contributed by atoms with van der Waals surface area (Å²) in [6.07, 6.45) is -4.06. The molecule has 1 aromatic carbocycles. The minimum absolute atomic E-state index is 0.00479. The average Bonchev–Trinajstić information content (AvgIpc) is 2.02. The van der Waals surface area contributed by atoms with Crippen molar-refractivity contribution in [2.75, 3.05) is 0 Å². The molecule has 70 valence electrons. The van der Waals surface area contributed by atoms with Crippen molar-refractivity contribution in [1.82, 2.24) is 0 Å². The van der Waals surface area contributed by atoms with Gasteiger partial charge in [-0.25, -0.2) is 0 Å². The molecule has 1 nitrogen and oxygen atoms in total. The summed E-state index contributed by atoms with van der Waals surface area (Å²) in [5.74, 6) is 0. The quantitative estimate of drug-likeness (QED) is 0.702. The lowest BCUT2D eigenvalue weighted by molar-refractivity contribution is -0.138. The zero-order valence-electron chi connectivity index (χ0n) is 6.23. The number of hydrogen-bond donors (Lipinski definition) is 0. The van der Waals surface area contributed by atoms with Crippen LogP contribution in [0.2, 0.25) is 0 Å². The van der Waals surface area contributed by atoms with Crippen molar-refractivity contribution in [3.05, 3.63) is 33.8 Å². The van der Waals surface area contributed by atoms with Crippen LogP contribution in [0.4, 0.5) is 13.2 Å². The predicted octanol–water partition coefficient (Wildman–Crippen LogP) is 3.28. The van der Waals surface area contributed by atoms with Gasteiger partial charge < -0.3 is 0 Å². The number of rotatable bonds is 1. The molecule has 0 spiro atoms. The lowest BCUT2D eigenvalue weighted by Gasteiger charge is -2.09. The van der Waals surface area contributed by atoms with E-state index in [1.165, 1.54) is 12.1 Å². The molecule has 13 heavy (non-hydrogen) atoms. The lowest BCUT2D eigenvalue weighted by Crippen LogP contribution is -2.06. The predicted molar refractivity (Wildman–Crippen MR) is 44.5 cm³/mol.